The van der Waals surface area contributed by atoms with Gasteiger partial charge in [-0.2, -0.15) is 5.10 Å². The fraction of sp³-hybridized carbons (Fsp3) is 0.407. The molecule has 0 radical (unpaired) electrons. The molecule has 1 fully saturated rings. The van der Waals surface area contributed by atoms with E-state index in [0.717, 1.165) is 6.07 Å². The monoisotopic (exact) mass is 593 g/mol. The second-order valence-electron chi connectivity index (χ2n) is 10.4. The molecule has 2 amide bonds. The molecule has 16 heteroatoms. The Labute approximate surface area is 243 Å². The Balaban J connectivity index is 1.27. The van der Waals surface area contributed by atoms with E-state index in [1.54, 1.807) is 13.8 Å². The zero-order valence-electron chi connectivity index (χ0n) is 23.4. The zero-order valence-corrected chi connectivity index (χ0v) is 23.4. The summed E-state index contributed by atoms with van der Waals surface area (Å²) in [6.45, 7) is 3.75. The lowest BCUT2D eigenvalue weighted by Gasteiger charge is -2.44. The number of fused-ring (bicyclic) bond motifs is 2. The lowest BCUT2D eigenvalue weighted by atomic mass is 9.86. The van der Waals surface area contributed by atoms with Gasteiger partial charge in [0.2, 0.25) is 5.89 Å². The molecule has 15 nitrogen and oxygen atoms in total. The maximum Gasteiger partial charge on any atom is 0.311 e. The van der Waals surface area contributed by atoms with Gasteiger partial charge in [-0.25, -0.2) is 19.0 Å². The summed E-state index contributed by atoms with van der Waals surface area (Å²) < 4.78 is 28.3. The number of aliphatic hydroxyl groups excluding tert-OH is 1. The minimum Gasteiger partial charge on any atom is -0.417 e. The molecule has 0 saturated carbocycles. The number of benzene rings is 1. The number of carbonyl (C=O) groups is 2. The average molecular weight is 594 g/mol. The summed E-state index contributed by atoms with van der Waals surface area (Å²) in [7, 11) is 0. The largest absolute Gasteiger partial charge is 0.417 e. The van der Waals surface area contributed by atoms with Crippen LogP contribution in [0.1, 0.15) is 57.1 Å². The van der Waals surface area contributed by atoms with Crippen molar-refractivity contribution in [2.24, 2.45) is 0 Å². The Morgan fingerprint density at radius 3 is 2.77 bits per heavy atom. The van der Waals surface area contributed by atoms with Crippen molar-refractivity contribution >= 4 is 11.8 Å². The SMILES string of the molecule is Cc1nnc(C(=O)N2CCC3(OCCCn4c3nc(C(=O)NCc3ccc(F)cc3-n3ncnc3C)cc4=O)C(O)C2)o1. The molecular formula is C27H28FN9O6. The highest BCUT2D eigenvalue weighted by Gasteiger charge is 2.50. The van der Waals surface area contributed by atoms with Crippen molar-refractivity contribution in [2.75, 3.05) is 19.7 Å². The number of carbonyl (C=O) groups excluding carboxylic acids is 2. The van der Waals surface area contributed by atoms with Crippen LogP contribution in [0.15, 0.2) is 39.8 Å². The summed E-state index contributed by atoms with van der Waals surface area (Å²) in [5, 5.41) is 25.7. The first-order chi connectivity index (χ1) is 20.7. The van der Waals surface area contributed by atoms with Crippen molar-refractivity contribution in [1.82, 2.24) is 44.7 Å². The number of piperidine rings is 1. The molecule has 3 aromatic heterocycles. The summed E-state index contributed by atoms with van der Waals surface area (Å²) in [5.74, 6) is -0.998. The smallest absolute Gasteiger partial charge is 0.311 e. The summed E-state index contributed by atoms with van der Waals surface area (Å²) in [4.78, 5) is 49.4. The zero-order chi connectivity index (χ0) is 30.3. The van der Waals surface area contributed by atoms with E-state index in [2.05, 4.69) is 30.6 Å². The van der Waals surface area contributed by atoms with E-state index in [-0.39, 0.29) is 62.5 Å². The Hall–Kier alpha value is -4.83. The number of hydrogen-bond acceptors (Lipinski definition) is 11. The van der Waals surface area contributed by atoms with Gasteiger partial charge in [-0.15, -0.1) is 10.2 Å². The molecule has 0 bridgehead atoms. The highest BCUT2D eigenvalue weighted by atomic mass is 19.1. The first kappa shape index (κ1) is 28.3. The minimum absolute atomic E-state index is 0.0235. The molecule has 1 aromatic carbocycles. The van der Waals surface area contributed by atoms with Crippen molar-refractivity contribution in [3.05, 3.63) is 81.5 Å². The van der Waals surface area contributed by atoms with Gasteiger partial charge in [0.25, 0.3) is 11.5 Å². The first-order valence-corrected chi connectivity index (χ1v) is 13.6. The van der Waals surface area contributed by atoms with Crippen LogP contribution in [0.5, 0.6) is 0 Å². The second-order valence-corrected chi connectivity index (χ2v) is 10.4. The van der Waals surface area contributed by atoms with Crippen molar-refractivity contribution in [2.45, 2.75) is 51.5 Å². The Bertz CT molecular complexity index is 1770. The molecule has 2 aliphatic rings. The Morgan fingerprint density at radius 1 is 1.21 bits per heavy atom. The maximum absolute atomic E-state index is 14.1. The lowest BCUT2D eigenvalue weighted by molar-refractivity contribution is -0.161. The number of nitrogens with zero attached hydrogens (tertiary/aromatic N) is 8. The van der Waals surface area contributed by atoms with E-state index in [0.29, 0.717) is 23.5 Å². The number of rotatable bonds is 5. The first-order valence-electron chi connectivity index (χ1n) is 13.6. The number of aromatic nitrogens is 7. The van der Waals surface area contributed by atoms with Gasteiger partial charge in [-0.05, 0) is 31.0 Å². The lowest BCUT2D eigenvalue weighted by Crippen LogP contribution is -2.57. The molecule has 43 heavy (non-hydrogen) atoms. The number of ether oxygens (including phenoxy) is 1. The molecule has 1 spiro atoms. The van der Waals surface area contributed by atoms with Crippen molar-refractivity contribution < 1.29 is 28.2 Å². The molecule has 4 aromatic rings. The van der Waals surface area contributed by atoms with Gasteiger partial charge >= 0.3 is 11.8 Å². The minimum atomic E-state index is -1.44. The summed E-state index contributed by atoms with van der Waals surface area (Å²) in [5.41, 5.74) is -1.14. The van der Waals surface area contributed by atoms with Gasteiger partial charge in [0.15, 0.2) is 5.60 Å². The standard InChI is InChI=1S/C27H28FN9O6/c1-15-30-14-31-37(15)20-10-18(28)5-4-17(20)12-29-23(40)19-11-22(39)36-7-3-9-42-27(26(36)32-19)6-8-35(13-21(27)38)25(41)24-34-33-16(2)43-24/h4-5,10-11,14,21,38H,3,6-9,12-13H2,1-2H3,(H,29,40). The van der Waals surface area contributed by atoms with Crippen molar-refractivity contribution in [3.8, 4) is 5.69 Å². The number of β-amino-alcohol motifs (C(OH)–C–C–N with tert-alkyl or cyclic N) is 1. The van der Waals surface area contributed by atoms with Crippen LogP contribution in [0.2, 0.25) is 0 Å². The second kappa shape index (κ2) is 11.1. The summed E-state index contributed by atoms with van der Waals surface area (Å²) >= 11 is 0. The number of amides is 2. The maximum atomic E-state index is 14.1. The summed E-state index contributed by atoms with van der Waals surface area (Å²) in [6, 6.07) is 5.21. The van der Waals surface area contributed by atoms with Crippen LogP contribution in [0, 0.1) is 19.7 Å². The molecule has 2 N–H and O–H groups in total. The van der Waals surface area contributed by atoms with E-state index >= 15 is 0 Å². The quantitative estimate of drug-likeness (QED) is 0.327. The van der Waals surface area contributed by atoms with E-state index in [1.165, 1.54) is 38.7 Å². The fourth-order valence-corrected chi connectivity index (χ4v) is 5.44. The van der Waals surface area contributed by atoms with E-state index in [1.807, 2.05) is 0 Å². The van der Waals surface area contributed by atoms with Crippen LogP contribution in [0.25, 0.3) is 5.69 Å². The van der Waals surface area contributed by atoms with E-state index < -0.39 is 34.9 Å². The number of hydrogen-bond donors (Lipinski definition) is 2. The number of nitrogens with one attached hydrogen (secondary N) is 1. The topological polar surface area (TPSA) is 183 Å². The van der Waals surface area contributed by atoms with Gasteiger partial charge in [0.1, 0.15) is 35.6 Å². The Morgan fingerprint density at radius 2 is 2.05 bits per heavy atom. The summed E-state index contributed by atoms with van der Waals surface area (Å²) in [6.07, 6.45) is 0.638. The van der Waals surface area contributed by atoms with E-state index in [4.69, 9.17) is 9.15 Å². The highest BCUT2D eigenvalue weighted by molar-refractivity contribution is 5.92. The van der Waals surface area contributed by atoms with Crippen LogP contribution in [0.3, 0.4) is 0 Å². The normalized spacial score (nSPS) is 20.1. The third-order valence-electron chi connectivity index (χ3n) is 7.62. The van der Waals surface area contributed by atoms with Crippen LogP contribution < -0.4 is 10.9 Å². The number of likely N-dealkylation sites (tertiary alicyclic amines) is 1. The molecule has 6 rings (SSSR count). The van der Waals surface area contributed by atoms with Gasteiger partial charge < -0.3 is 24.5 Å². The molecular weight excluding hydrogens is 565 g/mol. The Kier molecular flexibility index (Phi) is 7.31. The number of aliphatic hydroxyl groups is 1. The van der Waals surface area contributed by atoms with Crippen molar-refractivity contribution in [1.29, 1.82) is 0 Å². The van der Waals surface area contributed by atoms with Gasteiger partial charge in [0.05, 0.1) is 12.2 Å². The van der Waals surface area contributed by atoms with Crippen LogP contribution in [-0.2, 0) is 23.4 Å². The highest BCUT2D eigenvalue weighted by Crippen LogP contribution is 2.38. The van der Waals surface area contributed by atoms with Gasteiger partial charge in [-0.3, -0.25) is 19.0 Å². The molecule has 2 atom stereocenters. The number of halogens is 1. The third-order valence-corrected chi connectivity index (χ3v) is 7.62. The van der Waals surface area contributed by atoms with Gasteiger partial charge in [0, 0.05) is 45.7 Å². The van der Waals surface area contributed by atoms with Crippen LogP contribution in [0.4, 0.5) is 4.39 Å². The predicted molar refractivity (Wildman–Crippen MR) is 144 cm³/mol. The molecule has 1 saturated heterocycles. The predicted octanol–water partition coefficient (Wildman–Crippen LogP) is 0.416. The average Bonchev–Trinajstić information content (AvgIpc) is 3.57. The fourth-order valence-electron chi connectivity index (χ4n) is 5.44. The molecule has 2 unspecified atom stereocenters. The van der Waals surface area contributed by atoms with E-state index in [9.17, 15) is 23.9 Å². The molecule has 0 aliphatic carbocycles. The molecule has 2 aliphatic heterocycles. The molecule has 224 valence electrons. The number of aryl methyl sites for hydroxylation is 2. The van der Waals surface area contributed by atoms with Crippen LogP contribution in [-0.4, -0.2) is 82.1 Å². The molecule has 5 heterocycles. The third kappa shape index (κ3) is 5.18. The van der Waals surface area contributed by atoms with Gasteiger partial charge in [-0.1, -0.05) is 6.07 Å². The van der Waals surface area contributed by atoms with Crippen molar-refractivity contribution in [3.63, 3.8) is 0 Å². The van der Waals surface area contributed by atoms with Crippen LogP contribution >= 0.6 is 0 Å².